The van der Waals surface area contributed by atoms with Gasteiger partial charge >= 0.3 is 6.03 Å². The Labute approximate surface area is 140 Å². The van der Waals surface area contributed by atoms with Crippen LogP contribution in [-0.4, -0.2) is 53.7 Å². The van der Waals surface area contributed by atoms with E-state index in [0.29, 0.717) is 30.5 Å². The number of carbonyl (C=O) groups is 1. The quantitative estimate of drug-likeness (QED) is 0.863. The molecule has 0 spiro atoms. The third-order valence-corrected chi connectivity index (χ3v) is 5.57. The number of piperidine rings is 1. The molecule has 1 N–H and O–H groups in total. The van der Waals surface area contributed by atoms with Crippen molar-refractivity contribution < 1.29 is 13.7 Å². The molecule has 1 aromatic carbocycles. The van der Waals surface area contributed by atoms with Gasteiger partial charge in [-0.2, -0.15) is 0 Å². The van der Waals surface area contributed by atoms with Crippen LogP contribution in [0.1, 0.15) is 18.9 Å². The first-order valence-corrected chi connectivity index (χ1v) is 9.53. The van der Waals surface area contributed by atoms with Crippen molar-refractivity contribution in [1.82, 2.24) is 10.2 Å². The molecule has 1 heterocycles. The average Bonchev–Trinajstić information content (AvgIpc) is 2.56. The lowest BCUT2D eigenvalue weighted by Gasteiger charge is -2.36. The molecule has 0 saturated carbocycles. The molecule has 1 saturated heterocycles. The van der Waals surface area contributed by atoms with E-state index in [1.807, 2.05) is 30.3 Å². The van der Waals surface area contributed by atoms with Gasteiger partial charge in [0.15, 0.2) is 0 Å². The highest BCUT2D eigenvalue weighted by atomic mass is 32.2. The minimum absolute atomic E-state index is 0.0874. The maximum Gasteiger partial charge on any atom is 0.317 e. The summed E-state index contributed by atoms with van der Waals surface area (Å²) in [6.45, 7) is 3.95. The number of urea groups is 1. The summed E-state index contributed by atoms with van der Waals surface area (Å²) in [7, 11) is 0.725. The molecular weight excluding hydrogens is 312 g/mol. The Bertz CT molecular complexity index is 524. The maximum atomic E-state index is 12.2. The van der Waals surface area contributed by atoms with Crippen LogP contribution < -0.4 is 5.32 Å². The summed E-state index contributed by atoms with van der Waals surface area (Å²) in [5, 5.41) is 2.87. The van der Waals surface area contributed by atoms with Crippen LogP contribution in [0.25, 0.3) is 0 Å². The predicted octanol–water partition coefficient (Wildman–Crippen LogP) is 2.00. The van der Waals surface area contributed by atoms with Gasteiger partial charge in [0.1, 0.15) is 0 Å². The second-order valence-corrected chi connectivity index (χ2v) is 7.57. The SMILES string of the molecule is CO[C@@H]1CN(C(=O)NCC[S@](=O)Cc2ccccc2)CC[C@H]1C. The van der Waals surface area contributed by atoms with Gasteiger partial charge in [-0.3, -0.25) is 4.21 Å². The number of nitrogens with zero attached hydrogens (tertiary/aromatic N) is 1. The zero-order valence-corrected chi connectivity index (χ0v) is 14.7. The Morgan fingerprint density at radius 2 is 2.13 bits per heavy atom. The van der Waals surface area contributed by atoms with Gasteiger partial charge in [0.2, 0.25) is 0 Å². The van der Waals surface area contributed by atoms with E-state index in [0.717, 1.165) is 18.5 Å². The topological polar surface area (TPSA) is 58.6 Å². The Morgan fingerprint density at radius 3 is 2.83 bits per heavy atom. The fraction of sp³-hybridized carbons (Fsp3) is 0.588. The lowest BCUT2D eigenvalue weighted by atomic mass is 9.96. The molecule has 0 radical (unpaired) electrons. The molecule has 1 fully saturated rings. The molecule has 1 aliphatic heterocycles. The molecule has 2 rings (SSSR count). The van der Waals surface area contributed by atoms with Crippen molar-refractivity contribution in [3.8, 4) is 0 Å². The first kappa shape index (κ1) is 17.9. The van der Waals surface area contributed by atoms with Crippen LogP contribution in [0.4, 0.5) is 4.79 Å². The van der Waals surface area contributed by atoms with Gasteiger partial charge < -0.3 is 15.0 Å². The van der Waals surface area contributed by atoms with Crippen molar-refractivity contribution in [2.75, 3.05) is 32.5 Å². The fourth-order valence-electron chi connectivity index (χ4n) is 2.74. The van der Waals surface area contributed by atoms with Crippen molar-refractivity contribution in [3.05, 3.63) is 35.9 Å². The molecule has 0 aliphatic carbocycles. The van der Waals surface area contributed by atoms with Gasteiger partial charge in [-0.15, -0.1) is 0 Å². The number of amides is 2. The normalized spacial score (nSPS) is 22.6. The summed E-state index contributed by atoms with van der Waals surface area (Å²) in [5.41, 5.74) is 1.06. The van der Waals surface area contributed by atoms with E-state index in [2.05, 4.69) is 12.2 Å². The van der Waals surface area contributed by atoms with E-state index in [1.165, 1.54) is 0 Å². The number of rotatable bonds is 6. The second-order valence-electron chi connectivity index (χ2n) is 5.99. The summed E-state index contributed by atoms with van der Waals surface area (Å²) >= 11 is 0. The first-order valence-electron chi connectivity index (χ1n) is 8.04. The van der Waals surface area contributed by atoms with E-state index in [1.54, 1.807) is 12.0 Å². The molecule has 128 valence electrons. The van der Waals surface area contributed by atoms with E-state index < -0.39 is 10.8 Å². The number of hydrogen-bond donors (Lipinski definition) is 1. The number of hydrogen-bond acceptors (Lipinski definition) is 3. The lowest BCUT2D eigenvalue weighted by molar-refractivity contribution is 0.00726. The molecule has 5 nitrogen and oxygen atoms in total. The Hall–Kier alpha value is -1.40. The fourth-order valence-corrected chi connectivity index (χ4v) is 3.78. The highest BCUT2D eigenvalue weighted by Crippen LogP contribution is 2.19. The van der Waals surface area contributed by atoms with E-state index in [9.17, 15) is 9.00 Å². The molecule has 0 bridgehead atoms. The number of methoxy groups -OCH3 is 1. The van der Waals surface area contributed by atoms with Gasteiger partial charge in [-0.25, -0.2) is 4.79 Å². The molecule has 3 atom stereocenters. The van der Waals surface area contributed by atoms with Crippen LogP contribution in [0.15, 0.2) is 30.3 Å². The number of carbonyl (C=O) groups excluding carboxylic acids is 1. The molecule has 2 amide bonds. The Balaban J connectivity index is 1.69. The minimum Gasteiger partial charge on any atom is -0.379 e. The number of nitrogens with one attached hydrogen (secondary N) is 1. The molecule has 6 heteroatoms. The van der Waals surface area contributed by atoms with Crippen LogP contribution in [0, 0.1) is 5.92 Å². The molecular formula is C17H26N2O3S. The van der Waals surface area contributed by atoms with Gasteiger partial charge in [0.05, 0.1) is 6.10 Å². The van der Waals surface area contributed by atoms with Gasteiger partial charge in [-0.05, 0) is 17.9 Å². The van der Waals surface area contributed by atoms with Crippen LogP contribution in [0.3, 0.4) is 0 Å². The maximum absolute atomic E-state index is 12.2. The lowest BCUT2D eigenvalue weighted by Crippen LogP contribution is -2.50. The Morgan fingerprint density at radius 1 is 1.39 bits per heavy atom. The van der Waals surface area contributed by atoms with Crippen molar-refractivity contribution in [1.29, 1.82) is 0 Å². The molecule has 0 aromatic heterocycles. The van der Waals surface area contributed by atoms with Crippen molar-refractivity contribution in [2.24, 2.45) is 5.92 Å². The minimum atomic E-state index is -0.965. The van der Waals surface area contributed by atoms with E-state index >= 15 is 0 Å². The van der Waals surface area contributed by atoms with E-state index in [-0.39, 0.29) is 12.1 Å². The van der Waals surface area contributed by atoms with Crippen molar-refractivity contribution in [3.63, 3.8) is 0 Å². The summed E-state index contributed by atoms with van der Waals surface area (Å²) in [6, 6.07) is 9.68. The monoisotopic (exact) mass is 338 g/mol. The summed E-state index contributed by atoms with van der Waals surface area (Å²) in [4.78, 5) is 14.0. The summed E-state index contributed by atoms with van der Waals surface area (Å²) in [6.07, 6.45) is 1.05. The van der Waals surface area contributed by atoms with Gasteiger partial charge in [0.25, 0.3) is 0 Å². The highest BCUT2D eigenvalue weighted by Gasteiger charge is 2.28. The Kier molecular flexibility index (Phi) is 7.05. The third kappa shape index (κ3) is 5.62. The van der Waals surface area contributed by atoms with Crippen molar-refractivity contribution >= 4 is 16.8 Å². The number of benzene rings is 1. The predicted molar refractivity (Wildman–Crippen MR) is 92.7 cm³/mol. The largest absolute Gasteiger partial charge is 0.379 e. The third-order valence-electron chi connectivity index (χ3n) is 4.26. The average molecular weight is 338 g/mol. The zero-order valence-electron chi connectivity index (χ0n) is 13.9. The summed E-state index contributed by atoms with van der Waals surface area (Å²) in [5.74, 6) is 1.48. The standard InChI is InChI=1S/C17H26N2O3S/c1-14-8-10-19(12-16(14)22-2)17(20)18-9-11-23(21)13-15-6-4-3-5-7-15/h3-7,14,16H,8-13H2,1-2H3,(H,18,20)/t14-,16-,23+/m1/s1. The number of ether oxygens (including phenoxy) is 1. The summed E-state index contributed by atoms with van der Waals surface area (Å²) < 4.78 is 17.5. The highest BCUT2D eigenvalue weighted by molar-refractivity contribution is 7.84. The van der Waals surface area contributed by atoms with Crippen LogP contribution in [0.2, 0.25) is 0 Å². The van der Waals surface area contributed by atoms with Gasteiger partial charge in [0, 0.05) is 49.0 Å². The zero-order chi connectivity index (χ0) is 16.7. The molecule has 0 unspecified atom stereocenters. The second kappa shape index (κ2) is 9.03. The first-order chi connectivity index (χ1) is 11.1. The van der Waals surface area contributed by atoms with Crippen LogP contribution >= 0.6 is 0 Å². The van der Waals surface area contributed by atoms with Crippen molar-refractivity contribution in [2.45, 2.75) is 25.2 Å². The smallest absolute Gasteiger partial charge is 0.317 e. The molecule has 1 aromatic rings. The molecule has 1 aliphatic rings. The molecule has 23 heavy (non-hydrogen) atoms. The van der Waals surface area contributed by atoms with Crippen LogP contribution in [0.5, 0.6) is 0 Å². The van der Waals surface area contributed by atoms with Crippen LogP contribution in [-0.2, 0) is 21.3 Å². The van der Waals surface area contributed by atoms with Gasteiger partial charge in [-0.1, -0.05) is 37.3 Å². The number of likely N-dealkylation sites (tertiary alicyclic amines) is 1. The van der Waals surface area contributed by atoms with E-state index in [4.69, 9.17) is 4.74 Å².